The van der Waals surface area contributed by atoms with Crippen LogP contribution in [0.2, 0.25) is 0 Å². The molecular formula is C13H12F3N3O2. The highest BCUT2D eigenvalue weighted by atomic mass is 19.4. The van der Waals surface area contributed by atoms with E-state index in [0.717, 1.165) is 12.8 Å². The molecule has 0 bridgehead atoms. The minimum Gasteiger partial charge on any atom is -0.406 e. The molecule has 0 aromatic heterocycles. The maximum atomic E-state index is 12.3. The van der Waals surface area contributed by atoms with Gasteiger partial charge in [-0.1, -0.05) is 12.1 Å². The molecule has 2 amide bonds. The highest BCUT2D eigenvalue weighted by Gasteiger charge is 2.43. The van der Waals surface area contributed by atoms with E-state index in [1.54, 1.807) is 6.07 Å². The molecule has 0 radical (unpaired) electrons. The molecule has 1 aromatic rings. The van der Waals surface area contributed by atoms with Crippen LogP contribution >= 0.6 is 0 Å². The van der Waals surface area contributed by atoms with Crippen molar-refractivity contribution in [1.29, 1.82) is 0 Å². The Kier molecular flexibility index (Phi) is 3.03. The first-order valence-electron chi connectivity index (χ1n) is 6.37. The van der Waals surface area contributed by atoms with E-state index in [2.05, 4.69) is 9.73 Å². The number of ether oxygens (including phenoxy) is 1. The van der Waals surface area contributed by atoms with Gasteiger partial charge in [0.2, 0.25) is 0 Å². The average Bonchev–Trinajstić information content (AvgIpc) is 3.13. The number of urea groups is 1. The predicted molar refractivity (Wildman–Crippen MR) is 67.7 cm³/mol. The van der Waals surface area contributed by atoms with Crippen molar-refractivity contribution >= 4 is 11.9 Å². The Bertz CT molecular complexity index is 611. The molecule has 21 heavy (non-hydrogen) atoms. The number of benzene rings is 1. The second-order valence-electron chi connectivity index (χ2n) is 4.98. The van der Waals surface area contributed by atoms with Crippen molar-refractivity contribution in [2.75, 3.05) is 0 Å². The molecule has 0 spiro atoms. The van der Waals surface area contributed by atoms with Gasteiger partial charge in [0.25, 0.3) is 0 Å². The van der Waals surface area contributed by atoms with Crippen LogP contribution in [0.4, 0.5) is 18.0 Å². The van der Waals surface area contributed by atoms with E-state index in [1.165, 1.54) is 23.1 Å². The Hall–Kier alpha value is -2.25. The molecule has 1 unspecified atom stereocenters. The zero-order valence-corrected chi connectivity index (χ0v) is 10.8. The van der Waals surface area contributed by atoms with Gasteiger partial charge >= 0.3 is 12.4 Å². The molecule has 112 valence electrons. The molecule has 1 heterocycles. The third-order valence-corrected chi connectivity index (χ3v) is 3.35. The quantitative estimate of drug-likeness (QED) is 0.932. The molecule has 1 aliphatic heterocycles. The van der Waals surface area contributed by atoms with Gasteiger partial charge in [0.1, 0.15) is 17.6 Å². The fourth-order valence-electron chi connectivity index (χ4n) is 2.42. The Balaban J connectivity index is 1.90. The number of amidine groups is 1. The Morgan fingerprint density at radius 1 is 1.33 bits per heavy atom. The fourth-order valence-corrected chi connectivity index (χ4v) is 2.42. The predicted octanol–water partition coefficient (Wildman–Crippen LogP) is 2.58. The molecule has 1 aromatic carbocycles. The van der Waals surface area contributed by atoms with Crippen LogP contribution in [0.25, 0.3) is 0 Å². The van der Waals surface area contributed by atoms with Crippen LogP contribution in [-0.4, -0.2) is 29.2 Å². The molecule has 2 aliphatic rings. The Morgan fingerprint density at radius 3 is 2.67 bits per heavy atom. The SMILES string of the molecule is NC1=NC(=O)N(C2CC2)C1c1cccc(OC(F)(F)F)c1. The lowest BCUT2D eigenvalue weighted by Gasteiger charge is -2.24. The van der Waals surface area contributed by atoms with E-state index in [4.69, 9.17) is 5.73 Å². The summed E-state index contributed by atoms with van der Waals surface area (Å²) in [6, 6.07) is 4.45. The minimum atomic E-state index is -4.76. The zero-order chi connectivity index (χ0) is 15.2. The molecule has 3 rings (SSSR count). The van der Waals surface area contributed by atoms with Crippen molar-refractivity contribution in [1.82, 2.24) is 4.90 Å². The molecule has 0 saturated heterocycles. The summed E-state index contributed by atoms with van der Waals surface area (Å²) in [4.78, 5) is 17.0. The van der Waals surface area contributed by atoms with Crippen LogP contribution in [0.5, 0.6) is 5.75 Å². The van der Waals surface area contributed by atoms with Gasteiger partial charge in [0, 0.05) is 6.04 Å². The number of rotatable bonds is 3. The first kappa shape index (κ1) is 13.7. The third kappa shape index (κ3) is 2.79. The molecule has 1 fully saturated rings. The van der Waals surface area contributed by atoms with E-state index >= 15 is 0 Å². The average molecular weight is 299 g/mol. The van der Waals surface area contributed by atoms with Crippen LogP contribution in [0.3, 0.4) is 0 Å². The van der Waals surface area contributed by atoms with E-state index < -0.39 is 18.4 Å². The van der Waals surface area contributed by atoms with Crippen molar-refractivity contribution in [2.45, 2.75) is 31.3 Å². The number of aliphatic imine (C=N–C) groups is 1. The highest BCUT2D eigenvalue weighted by Crippen LogP contribution is 2.39. The first-order valence-corrected chi connectivity index (χ1v) is 6.37. The van der Waals surface area contributed by atoms with Crippen molar-refractivity contribution in [2.24, 2.45) is 10.7 Å². The smallest absolute Gasteiger partial charge is 0.406 e. The summed E-state index contributed by atoms with van der Waals surface area (Å²) in [6.45, 7) is 0. The van der Waals surface area contributed by atoms with E-state index in [1.807, 2.05) is 0 Å². The largest absolute Gasteiger partial charge is 0.573 e. The lowest BCUT2D eigenvalue weighted by Crippen LogP contribution is -2.35. The molecule has 1 saturated carbocycles. The van der Waals surface area contributed by atoms with Crippen LogP contribution in [0, 0.1) is 0 Å². The lowest BCUT2D eigenvalue weighted by atomic mass is 10.0. The van der Waals surface area contributed by atoms with Gasteiger partial charge in [0.15, 0.2) is 0 Å². The summed E-state index contributed by atoms with van der Waals surface area (Å²) < 4.78 is 40.7. The summed E-state index contributed by atoms with van der Waals surface area (Å²) in [5.74, 6) is -0.251. The van der Waals surface area contributed by atoms with Crippen LogP contribution in [0.15, 0.2) is 29.3 Å². The van der Waals surface area contributed by atoms with Gasteiger partial charge in [-0.2, -0.15) is 4.99 Å². The van der Waals surface area contributed by atoms with E-state index in [0.29, 0.717) is 5.56 Å². The van der Waals surface area contributed by atoms with E-state index in [-0.39, 0.29) is 17.6 Å². The van der Waals surface area contributed by atoms with Crippen LogP contribution < -0.4 is 10.5 Å². The van der Waals surface area contributed by atoms with Gasteiger partial charge in [-0.3, -0.25) is 0 Å². The normalized spacial score (nSPS) is 22.4. The summed E-state index contributed by atoms with van der Waals surface area (Å²) in [7, 11) is 0. The summed E-state index contributed by atoms with van der Waals surface area (Å²) in [6.07, 6.45) is -3.06. The molecular weight excluding hydrogens is 287 g/mol. The number of carbonyl (C=O) groups excluding carboxylic acids is 1. The molecule has 1 atom stereocenters. The van der Waals surface area contributed by atoms with Crippen LogP contribution in [-0.2, 0) is 0 Å². The molecule has 2 N–H and O–H groups in total. The van der Waals surface area contributed by atoms with Crippen molar-refractivity contribution in [3.63, 3.8) is 0 Å². The standard InChI is InChI=1S/C13H12F3N3O2/c14-13(15,16)21-9-3-1-2-7(6-9)10-11(17)18-12(20)19(10)8-4-5-8/h1-3,6,8,10H,4-5H2,(H2,17,18,20). The van der Waals surface area contributed by atoms with Gasteiger partial charge in [-0.05, 0) is 30.5 Å². The maximum absolute atomic E-state index is 12.3. The second-order valence-corrected chi connectivity index (χ2v) is 4.98. The van der Waals surface area contributed by atoms with Crippen molar-refractivity contribution < 1.29 is 22.7 Å². The zero-order valence-electron chi connectivity index (χ0n) is 10.8. The number of alkyl halides is 3. The summed E-state index contributed by atoms with van der Waals surface area (Å²) in [5.41, 5.74) is 6.21. The number of hydrogen-bond acceptors (Lipinski definition) is 3. The minimum absolute atomic E-state index is 0.0551. The monoisotopic (exact) mass is 299 g/mol. The topological polar surface area (TPSA) is 67.9 Å². The fraction of sp³-hybridized carbons (Fsp3) is 0.385. The molecule has 8 heteroatoms. The summed E-state index contributed by atoms with van der Waals surface area (Å²) in [5, 5.41) is 0. The number of carbonyl (C=O) groups is 1. The number of amides is 2. The molecule has 5 nitrogen and oxygen atoms in total. The second kappa shape index (κ2) is 4.64. The highest BCUT2D eigenvalue weighted by molar-refractivity contribution is 6.03. The van der Waals surface area contributed by atoms with Crippen molar-refractivity contribution in [3.8, 4) is 5.75 Å². The number of hydrogen-bond donors (Lipinski definition) is 1. The van der Waals surface area contributed by atoms with Crippen LogP contribution in [0.1, 0.15) is 24.4 Å². The summed E-state index contributed by atoms with van der Waals surface area (Å²) >= 11 is 0. The van der Waals surface area contributed by atoms with Crippen molar-refractivity contribution in [3.05, 3.63) is 29.8 Å². The van der Waals surface area contributed by atoms with Gasteiger partial charge in [-0.15, -0.1) is 13.2 Å². The van der Waals surface area contributed by atoms with E-state index in [9.17, 15) is 18.0 Å². The molecule has 1 aliphatic carbocycles. The Morgan fingerprint density at radius 2 is 2.05 bits per heavy atom. The Labute approximate surface area is 118 Å². The van der Waals surface area contributed by atoms with Gasteiger partial charge in [0.05, 0.1) is 0 Å². The number of halogens is 3. The van der Waals surface area contributed by atoms with Gasteiger partial charge < -0.3 is 15.4 Å². The number of nitrogens with two attached hydrogens (primary N) is 1. The first-order chi connectivity index (χ1) is 9.85. The lowest BCUT2D eigenvalue weighted by molar-refractivity contribution is -0.274. The third-order valence-electron chi connectivity index (χ3n) is 3.35. The maximum Gasteiger partial charge on any atom is 0.573 e. The van der Waals surface area contributed by atoms with Gasteiger partial charge in [-0.25, -0.2) is 4.79 Å². The number of nitrogens with zero attached hydrogens (tertiary/aromatic N) is 2.